The standard InChI is InChI=1S/C10H18N2O4/c1-7(13)15-9(3,4)11-12-10(5,6)16-8(2)14/h1-6H3/b12-11+. The molecule has 0 atom stereocenters. The highest BCUT2D eigenvalue weighted by molar-refractivity contribution is 5.66. The molecule has 0 aliphatic carbocycles. The first kappa shape index (κ1) is 14.5. The van der Waals surface area contributed by atoms with Gasteiger partial charge in [0.05, 0.1) is 0 Å². The summed E-state index contributed by atoms with van der Waals surface area (Å²) in [5.74, 6) is -0.900. The van der Waals surface area contributed by atoms with Crippen LogP contribution in [0.15, 0.2) is 10.2 Å². The van der Waals surface area contributed by atoms with Crippen LogP contribution in [0.2, 0.25) is 0 Å². The Hall–Kier alpha value is -1.46. The van der Waals surface area contributed by atoms with Crippen LogP contribution in [0.1, 0.15) is 41.5 Å². The summed E-state index contributed by atoms with van der Waals surface area (Å²) < 4.78 is 9.80. The van der Waals surface area contributed by atoms with Crippen molar-refractivity contribution in [2.75, 3.05) is 0 Å². The van der Waals surface area contributed by atoms with Crippen molar-refractivity contribution in [3.05, 3.63) is 0 Å². The number of hydrogen-bond acceptors (Lipinski definition) is 6. The Morgan fingerprint density at radius 1 is 0.812 bits per heavy atom. The van der Waals surface area contributed by atoms with Crippen molar-refractivity contribution < 1.29 is 19.1 Å². The molecule has 0 saturated heterocycles. The lowest BCUT2D eigenvalue weighted by molar-refractivity contribution is -0.158. The van der Waals surface area contributed by atoms with Gasteiger partial charge in [-0.25, -0.2) is 0 Å². The van der Waals surface area contributed by atoms with Crippen LogP contribution in [0.4, 0.5) is 0 Å². The van der Waals surface area contributed by atoms with Crippen molar-refractivity contribution in [1.82, 2.24) is 0 Å². The summed E-state index contributed by atoms with van der Waals surface area (Å²) in [7, 11) is 0. The Balaban J connectivity index is 4.56. The molecule has 6 heteroatoms. The van der Waals surface area contributed by atoms with E-state index in [9.17, 15) is 9.59 Å². The van der Waals surface area contributed by atoms with E-state index in [1.165, 1.54) is 13.8 Å². The first-order valence-electron chi connectivity index (χ1n) is 4.87. The number of carbonyl (C=O) groups is 2. The molecule has 0 amide bonds. The lowest BCUT2D eigenvalue weighted by Crippen LogP contribution is -2.28. The van der Waals surface area contributed by atoms with Gasteiger partial charge in [-0.1, -0.05) is 0 Å². The molecule has 0 spiro atoms. The molecule has 0 bridgehead atoms. The molecule has 0 aromatic rings. The van der Waals surface area contributed by atoms with E-state index in [0.29, 0.717) is 0 Å². The highest BCUT2D eigenvalue weighted by Crippen LogP contribution is 2.18. The van der Waals surface area contributed by atoms with Crippen LogP contribution in [0.5, 0.6) is 0 Å². The Bertz CT molecular complexity index is 278. The van der Waals surface area contributed by atoms with E-state index in [0.717, 1.165) is 0 Å². The van der Waals surface area contributed by atoms with Crippen molar-refractivity contribution in [3.8, 4) is 0 Å². The summed E-state index contributed by atoms with van der Waals surface area (Å²) >= 11 is 0. The minimum absolute atomic E-state index is 0.450. The lowest BCUT2D eigenvalue weighted by atomic mass is 10.3. The van der Waals surface area contributed by atoms with Crippen molar-refractivity contribution in [3.63, 3.8) is 0 Å². The topological polar surface area (TPSA) is 77.3 Å². The molecule has 0 N–H and O–H groups in total. The van der Waals surface area contributed by atoms with Crippen LogP contribution in [-0.4, -0.2) is 23.4 Å². The summed E-state index contributed by atoms with van der Waals surface area (Å²) in [5, 5.41) is 7.65. The van der Waals surface area contributed by atoms with E-state index in [1.54, 1.807) is 27.7 Å². The fourth-order valence-corrected chi connectivity index (χ4v) is 0.985. The van der Waals surface area contributed by atoms with Gasteiger partial charge in [-0.05, 0) is 27.7 Å². The summed E-state index contributed by atoms with van der Waals surface area (Å²) in [6.07, 6.45) is 0. The first-order valence-corrected chi connectivity index (χ1v) is 4.87. The number of rotatable bonds is 4. The predicted molar refractivity (Wildman–Crippen MR) is 56.5 cm³/mol. The Kier molecular flexibility index (Phi) is 4.59. The van der Waals surface area contributed by atoms with Crippen molar-refractivity contribution in [1.29, 1.82) is 0 Å². The third kappa shape index (κ3) is 6.92. The van der Waals surface area contributed by atoms with Gasteiger partial charge in [0.2, 0.25) is 11.4 Å². The Morgan fingerprint density at radius 3 is 1.25 bits per heavy atom. The fourth-order valence-electron chi connectivity index (χ4n) is 0.985. The van der Waals surface area contributed by atoms with Crippen LogP contribution in [0, 0.1) is 0 Å². The van der Waals surface area contributed by atoms with Gasteiger partial charge in [-0.15, -0.1) is 10.2 Å². The van der Waals surface area contributed by atoms with Crippen LogP contribution in [0.25, 0.3) is 0 Å². The zero-order valence-electron chi connectivity index (χ0n) is 10.5. The van der Waals surface area contributed by atoms with Gasteiger partial charge in [-0.2, -0.15) is 0 Å². The Labute approximate surface area is 95.0 Å². The third-order valence-corrected chi connectivity index (χ3v) is 1.32. The van der Waals surface area contributed by atoms with Gasteiger partial charge in [0.15, 0.2) is 0 Å². The number of carbonyl (C=O) groups excluding carboxylic acids is 2. The van der Waals surface area contributed by atoms with Gasteiger partial charge in [0.1, 0.15) is 0 Å². The average Bonchev–Trinajstić information content (AvgIpc) is 1.96. The second-order valence-electron chi connectivity index (χ2n) is 4.28. The number of hydrogen-bond donors (Lipinski definition) is 0. The lowest BCUT2D eigenvalue weighted by Gasteiger charge is -2.22. The number of azo groups is 1. The highest BCUT2D eigenvalue weighted by atomic mass is 16.6. The minimum Gasteiger partial charge on any atom is -0.436 e. The summed E-state index contributed by atoms with van der Waals surface area (Å²) in [6.45, 7) is 8.91. The average molecular weight is 230 g/mol. The molecule has 0 unspecified atom stereocenters. The first-order chi connectivity index (χ1) is 7.04. The van der Waals surface area contributed by atoms with Crippen molar-refractivity contribution >= 4 is 11.9 Å². The van der Waals surface area contributed by atoms with E-state index in [-0.39, 0.29) is 0 Å². The van der Waals surface area contributed by atoms with Crippen molar-refractivity contribution in [2.45, 2.75) is 53.0 Å². The third-order valence-electron chi connectivity index (χ3n) is 1.32. The molecule has 0 radical (unpaired) electrons. The molecule has 0 aliphatic heterocycles. The van der Waals surface area contributed by atoms with Crippen LogP contribution in [-0.2, 0) is 19.1 Å². The molecule has 92 valence electrons. The molecule has 0 aromatic carbocycles. The quantitative estimate of drug-likeness (QED) is 0.547. The molecule has 0 heterocycles. The van der Waals surface area contributed by atoms with Crippen molar-refractivity contribution in [2.24, 2.45) is 10.2 Å². The molecule has 0 aromatic heterocycles. The van der Waals surface area contributed by atoms with Gasteiger partial charge < -0.3 is 9.47 Å². The number of esters is 2. The van der Waals surface area contributed by atoms with Crippen LogP contribution >= 0.6 is 0 Å². The SMILES string of the molecule is CC(=O)OC(C)(C)/N=N/C(C)(C)OC(C)=O. The molecule has 0 aliphatic rings. The summed E-state index contributed by atoms with van der Waals surface area (Å²) in [4.78, 5) is 21.5. The fraction of sp³-hybridized carbons (Fsp3) is 0.800. The maximum absolute atomic E-state index is 10.8. The summed E-state index contributed by atoms with van der Waals surface area (Å²) in [5.41, 5.74) is -2.13. The van der Waals surface area contributed by atoms with E-state index in [2.05, 4.69) is 10.2 Å². The van der Waals surface area contributed by atoms with Gasteiger partial charge in [0, 0.05) is 13.8 Å². The largest absolute Gasteiger partial charge is 0.436 e. The molecule has 0 fully saturated rings. The van der Waals surface area contributed by atoms with E-state index in [1.807, 2.05) is 0 Å². The molecule has 6 nitrogen and oxygen atoms in total. The second kappa shape index (κ2) is 5.05. The molecule has 0 rings (SSSR count). The molecular formula is C10H18N2O4. The van der Waals surface area contributed by atoms with E-state index in [4.69, 9.17) is 9.47 Å². The zero-order chi connectivity index (χ0) is 13.0. The number of ether oxygens (including phenoxy) is 2. The van der Waals surface area contributed by atoms with E-state index < -0.39 is 23.4 Å². The molecular weight excluding hydrogens is 212 g/mol. The minimum atomic E-state index is -1.07. The Morgan fingerprint density at radius 2 is 1.06 bits per heavy atom. The highest BCUT2D eigenvalue weighted by Gasteiger charge is 2.25. The normalized spacial score (nSPS) is 12.6. The molecule has 16 heavy (non-hydrogen) atoms. The van der Waals surface area contributed by atoms with Crippen LogP contribution in [0.3, 0.4) is 0 Å². The molecule has 0 saturated carbocycles. The second-order valence-corrected chi connectivity index (χ2v) is 4.28. The smallest absolute Gasteiger partial charge is 0.304 e. The van der Waals surface area contributed by atoms with Gasteiger partial charge in [-0.3, -0.25) is 9.59 Å². The number of nitrogens with zero attached hydrogens (tertiary/aromatic N) is 2. The van der Waals surface area contributed by atoms with Crippen LogP contribution < -0.4 is 0 Å². The van der Waals surface area contributed by atoms with E-state index >= 15 is 0 Å². The zero-order valence-corrected chi connectivity index (χ0v) is 10.5. The monoisotopic (exact) mass is 230 g/mol. The summed E-state index contributed by atoms with van der Waals surface area (Å²) in [6, 6.07) is 0. The maximum atomic E-state index is 10.8. The maximum Gasteiger partial charge on any atom is 0.304 e. The van der Waals surface area contributed by atoms with Gasteiger partial charge >= 0.3 is 11.9 Å². The van der Waals surface area contributed by atoms with Gasteiger partial charge in [0.25, 0.3) is 0 Å². The predicted octanol–water partition coefficient (Wildman–Crippen LogP) is 2.04.